The van der Waals surface area contributed by atoms with Gasteiger partial charge in [0.2, 0.25) is 0 Å². The van der Waals surface area contributed by atoms with Crippen LogP contribution < -0.4 is 10.9 Å². The Bertz CT molecular complexity index is 807. The minimum absolute atomic E-state index is 0.0640. The Morgan fingerprint density at radius 1 is 1.33 bits per heavy atom. The second-order valence-corrected chi connectivity index (χ2v) is 7.20. The van der Waals surface area contributed by atoms with E-state index in [1.807, 2.05) is 39.0 Å². The maximum absolute atomic E-state index is 12.3. The quantitative estimate of drug-likeness (QED) is 0.892. The summed E-state index contributed by atoms with van der Waals surface area (Å²) >= 11 is 5.93. The highest BCUT2D eigenvalue weighted by molar-refractivity contribution is 6.30. The lowest BCUT2D eigenvalue weighted by Gasteiger charge is -2.18. The Balaban J connectivity index is 2.09. The minimum atomic E-state index is -0.413. The van der Waals surface area contributed by atoms with E-state index in [1.54, 1.807) is 13.0 Å². The van der Waals surface area contributed by atoms with Crippen LogP contribution in [0, 0.1) is 6.92 Å². The number of hydrogen-bond donors (Lipinski definition) is 2. The van der Waals surface area contributed by atoms with Crippen molar-refractivity contribution in [1.82, 2.24) is 15.3 Å². The number of aromatic nitrogens is 2. The fraction of sp³-hybridized carbons (Fsp3) is 0.389. The van der Waals surface area contributed by atoms with Crippen molar-refractivity contribution in [3.8, 4) is 0 Å². The van der Waals surface area contributed by atoms with Crippen LogP contribution in [0.3, 0.4) is 0 Å². The molecule has 0 aliphatic heterocycles. The molecule has 6 heteroatoms. The van der Waals surface area contributed by atoms with Gasteiger partial charge < -0.3 is 10.3 Å². The van der Waals surface area contributed by atoms with Gasteiger partial charge in [0.1, 0.15) is 11.4 Å². The number of nitrogens with one attached hydrogen (secondary N) is 2. The number of carbonyl (C=O) groups is 1. The molecule has 0 saturated carbocycles. The zero-order valence-corrected chi connectivity index (χ0v) is 15.1. The first kappa shape index (κ1) is 18.2. The molecule has 0 atom stereocenters. The van der Waals surface area contributed by atoms with Gasteiger partial charge in [0, 0.05) is 17.0 Å². The SMILES string of the molecule is Cc1nc(C(C)(C)C)[nH]c(=O)c1C(=O)NCCc1cccc(Cl)c1. The lowest BCUT2D eigenvalue weighted by Crippen LogP contribution is -2.34. The lowest BCUT2D eigenvalue weighted by atomic mass is 9.95. The molecule has 1 aromatic carbocycles. The Labute approximate surface area is 146 Å². The molecule has 0 spiro atoms. The van der Waals surface area contributed by atoms with Gasteiger partial charge in [0.25, 0.3) is 11.5 Å². The third-order valence-corrected chi connectivity index (χ3v) is 3.86. The Morgan fingerprint density at radius 3 is 2.62 bits per heavy atom. The molecule has 0 fully saturated rings. The van der Waals surface area contributed by atoms with Gasteiger partial charge in [-0.2, -0.15) is 0 Å². The van der Waals surface area contributed by atoms with Crippen molar-refractivity contribution in [3.05, 3.63) is 62.3 Å². The van der Waals surface area contributed by atoms with Crippen LogP contribution in [0.15, 0.2) is 29.1 Å². The van der Waals surface area contributed by atoms with Gasteiger partial charge in [-0.1, -0.05) is 44.5 Å². The van der Waals surface area contributed by atoms with E-state index in [9.17, 15) is 9.59 Å². The smallest absolute Gasteiger partial charge is 0.264 e. The van der Waals surface area contributed by atoms with Crippen molar-refractivity contribution >= 4 is 17.5 Å². The van der Waals surface area contributed by atoms with Gasteiger partial charge >= 0.3 is 0 Å². The fourth-order valence-corrected chi connectivity index (χ4v) is 2.52. The van der Waals surface area contributed by atoms with Crippen molar-refractivity contribution in [2.45, 2.75) is 39.5 Å². The van der Waals surface area contributed by atoms with E-state index in [0.717, 1.165) is 5.56 Å². The zero-order chi connectivity index (χ0) is 17.9. The molecule has 1 aromatic heterocycles. The van der Waals surface area contributed by atoms with Crippen molar-refractivity contribution < 1.29 is 4.79 Å². The van der Waals surface area contributed by atoms with Crippen molar-refractivity contribution in [2.24, 2.45) is 0 Å². The van der Waals surface area contributed by atoms with E-state index in [2.05, 4.69) is 15.3 Å². The number of H-pyrrole nitrogens is 1. The van der Waals surface area contributed by atoms with Gasteiger partial charge in [-0.3, -0.25) is 9.59 Å². The number of carbonyl (C=O) groups excluding carboxylic acids is 1. The fourth-order valence-electron chi connectivity index (χ4n) is 2.31. The number of benzene rings is 1. The van der Waals surface area contributed by atoms with Crippen LogP contribution in [0.25, 0.3) is 0 Å². The second-order valence-electron chi connectivity index (χ2n) is 6.76. The Kier molecular flexibility index (Phi) is 5.44. The molecule has 24 heavy (non-hydrogen) atoms. The first-order valence-corrected chi connectivity index (χ1v) is 8.20. The zero-order valence-electron chi connectivity index (χ0n) is 14.4. The third-order valence-electron chi connectivity index (χ3n) is 3.63. The summed E-state index contributed by atoms with van der Waals surface area (Å²) in [6.07, 6.45) is 0.636. The predicted molar refractivity (Wildman–Crippen MR) is 95.8 cm³/mol. The van der Waals surface area contributed by atoms with Gasteiger partial charge in [0.15, 0.2) is 0 Å². The van der Waals surface area contributed by atoms with Crippen LogP contribution >= 0.6 is 11.6 Å². The largest absolute Gasteiger partial charge is 0.351 e. The first-order chi connectivity index (χ1) is 11.2. The number of hydrogen-bond acceptors (Lipinski definition) is 3. The number of amides is 1. The molecule has 0 aliphatic carbocycles. The molecule has 0 unspecified atom stereocenters. The molecule has 2 aromatic rings. The molecule has 2 rings (SSSR count). The summed E-state index contributed by atoms with van der Waals surface area (Å²) in [7, 11) is 0. The molecule has 2 N–H and O–H groups in total. The summed E-state index contributed by atoms with van der Waals surface area (Å²) in [6, 6.07) is 7.46. The Morgan fingerprint density at radius 2 is 2.04 bits per heavy atom. The molecule has 128 valence electrons. The predicted octanol–water partition coefficient (Wildman–Crippen LogP) is 3.00. The first-order valence-electron chi connectivity index (χ1n) is 7.82. The number of aryl methyl sites for hydroxylation is 1. The van der Waals surface area contributed by atoms with E-state index in [4.69, 9.17) is 11.6 Å². The second kappa shape index (κ2) is 7.18. The van der Waals surface area contributed by atoms with E-state index < -0.39 is 11.5 Å². The van der Waals surface area contributed by atoms with Gasteiger partial charge in [0.05, 0.1) is 5.69 Å². The molecule has 1 heterocycles. The number of rotatable bonds is 4. The van der Waals surface area contributed by atoms with Gasteiger partial charge in [-0.05, 0) is 31.0 Å². The average molecular weight is 348 g/mol. The molecule has 0 bridgehead atoms. The minimum Gasteiger partial charge on any atom is -0.351 e. The standard InChI is InChI=1S/C18H22ClN3O2/c1-11-14(16(24)22-17(21-11)18(2,3)4)15(23)20-9-8-12-6-5-7-13(19)10-12/h5-7,10H,8-9H2,1-4H3,(H,20,23)(H,21,22,24). The van der Waals surface area contributed by atoms with Crippen molar-refractivity contribution in [2.75, 3.05) is 6.54 Å². The maximum Gasteiger partial charge on any atom is 0.264 e. The molecular weight excluding hydrogens is 326 g/mol. The van der Waals surface area contributed by atoms with Crippen LogP contribution in [0.2, 0.25) is 5.02 Å². The monoisotopic (exact) mass is 347 g/mol. The topological polar surface area (TPSA) is 74.8 Å². The molecule has 5 nitrogen and oxygen atoms in total. The van der Waals surface area contributed by atoms with Crippen molar-refractivity contribution in [3.63, 3.8) is 0 Å². The molecule has 1 amide bonds. The number of nitrogens with zero attached hydrogens (tertiary/aromatic N) is 1. The lowest BCUT2D eigenvalue weighted by molar-refractivity contribution is 0.0951. The van der Waals surface area contributed by atoms with Crippen LogP contribution in [0.4, 0.5) is 0 Å². The van der Waals surface area contributed by atoms with Gasteiger partial charge in [-0.15, -0.1) is 0 Å². The molecule has 0 radical (unpaired) electrons. The summed E-state index contributed by atoms with van der Waals surface area (Å²) in [5.74, 6) is 0.157. The summed E-state index contributed by atoms with van der Waals surface area (Å²) in [4.78, 5) is 31.6. The highest BCUT2D eigenvalue weighted by Crippen LogP contribution is 2.17. The van der Waals surface area contributed by atoms with Crippen LogP contribution in [-0.2, 0) is 11.8 Å². The normalized spacial score (nSPS) is 11.4. The highest BCUT2D eigenvalue weighted by Gasteiger charge is 2.21. The summed E-state index contributed by atoms with van der Waals surface area (Å²) < 4.78 is 0. The van der Waals surface area contributed by atoms with E-state index in [0.29, 0.717) is 29.5 Å². The Hall–Kier alpha value is -2.14. The molecule has 0 aliphatic rings. The summed E-state index contributed by atoms with van der Waals surface area (Å²) in [6.45, 7) is 7.95. The van der Waals surface area contributed by atoms with Crippen LogP contribution in [-0.4, -0.2) is 22.4 Å². The van der Waals surface area contributed by atoms with E-state index in [-0.39, 0.29) is 11.0 Å². The van der Waals surface area contributed by atoms with Crippen LogP contribution in [0.5, 0.6) is 0 Å². The molecule has 0 saturated heterocycles. The van der Waals surface area contributed by atoms with Gasteiger partial charge in [-0.25, -0.2) is 4.98 Å². The number of halogens is 1. The third kappa shape index (κ3) is 4.45. The van der Waals surface area contributed by atoms with E-state index in [1.165, 1.54) is 0 Å². The highest BCUT2D eigenvalue weighted by atomic mass is 35.5. The average Bonchev–Trinajstić information content (AvgIpc) is 2.45. The van der Waals surface area contributed by atoms with Crippen molar-refractivity contribution in [1.29, 1.82) is 0 Å². The van der Waals surface area contributed by atoms with E-state index >= 15 is 0 Å². The summed E-state index contributed by atoms with van der Waals surface area (Å²) in [5, 5.41) is 3.43. The maximum atomic E-state index is 12.3. The number of aromatic amines is 1. The molecular formula is C18H22ClN3O2. The summed E-state index contributed by atoms with van der Waals surface area (Å²) in [5.41, 5.74) is 0.825. The van der Waals surface area contributed by atoms with Crippen LogP contribution in [0.1, 0.15) is 48.2 Å².